The van der Waals surface area contributed by atoms with Gasteiger partial charge in [0.1, 0.15) is 0 Å². The zero-order valence-electron chi connectivity index (χ0n) is 9.25. The van der Waals surface area contributed by atoms with Crippen molar-refractivity contribution in [2.75, 3.05) is 11.9 Å². The minimum atomic E-state index is -0.139. The standard InChI is InChI=1S/C12H17N3/c1-12(2,14)7-8-15-11-5-3-10(9-13)4-6-11/h3-6,15H,7-8,14H2,1-2H3. The Morgan fingerprint density at radius 1 is 1.33 bits per heavy atom. The van der Waals surface area contributed by atoms with Gasteiger partial charge in [-0.15, -0.1) is 0 Å². The minimum absolute atomic E-state index is 0.139. The molecule has 3 N–H and O–H groups in total. The maximum atomic E-state index is 8.62. The largest absolute Gasteiger partial charge is 0.385 e. The number of nitrogens with two attached hydrogens (primary N) is 1. The Morgan fingerprint density at radius 3 is 2.40 bits per heavy atom. The zero-order valence-corrected chi connectivity index (χ0v) is 9.25. The van der Waals surface area contributed by atoms with Crippen molar-refractivity contribution in [2.24, 2.45) is 5.73 Å². The smallest absolute Gasteiger partial charge is 0.0991 e. The van der Waals surface area contributed by atoms with Crippen LogP contribution in [0.25, 0.3) is 0 Å². The molecule has 0 radical (unpaired) electrons. The average molecular weight is 203 g/mol. The number of nitriles is 1. The van der Waals surface area contributed by atoms with E-state index in [1.807, 2.05) is 26.0 Å². The molecule has 15 heavy (non-hydrogen) atoms. The van der Waals surface area contributed by atoms with Crippen molar-refractivity contribution >= 4 is 5.69 Å². The molecule has 1 aromatic carbocycles. The molecule has 0 aliphatic heterocycles. The van der Waals surface area contributed by atoms with Crippen LogP contribution in [0.4, 0.5) is 5.69 Å². The lowest BCUT2D eigenvalue weighted by Gasteiger charge is -2.18. The Morgan fingerprint density at radius 2 is 1.93 bits per heavy atom. The molecule has 0 saturated carbocycles. The molecule has 3 nitrogen and oxygen atoms in total. The fourth-order valence-corrected chi connectivity index (χ4v) is 1.19. The minimum Gasteiger partial charge on any atom is -0.385 e. The van der Waals surface area contributed by atoms with Crippen molar-refractivity contribution in [3.05, 3.63) is 29.8 Å². The van der Waals surface area contributed by atoms with Gasteiger partial charge in [0.25, 0.3) is 0 Å². The van der Waals surface area contributed by atoms with Crippen LogP contribution in [0, 0.1) is 11.3 Å². The van der Waals surface area contributed by atoms with Gasteiger partial charge in [0.15, 0.2) is 0 Å². The predicted octanol–water partition coefficient (Wildman–Crippen LogP) is 2.10. The predicted molar refractivity (Wildman–Crippen MR) is 62.5 cm³/mol. The molecule has 0 bridgehead atoms. The van der Waals surface area contributed by atoms with E-state index < -0.39 is 0 Å². The summed E-state index contributed by atoms with van der Waals surface area (Å²) in [5, 5.41) is 11.9. The number of hydrogen-bond donors (Lipinski definition) is 2. The topological polar surface area (TPSA) is 61.8 Å². The number of anilines is 1. The number of hydrogen-bond acceptors (Lipinski definition) is 3. The summed E-state index contributed by atoms with van der Waals surface area (Å²) in [4.78, 5) is 0. The van der Waals surface area contributed by atoms with E-state index in [0.29, 0.717) is 5.56 Å². The second kappa shape index (κ2) is 4.81. The summed E-state index contributed by atoms with van der Waals surface area (Å²) in [5.74, 6) is 0. The lowest BCUT2D eigenvalue weighted by atomic mass is 10.0. The van der Waals surface area contributed by atoms with Crippen LogP contribution in [0.3, 0.4) is 0 Å². The summed E-state index contributed by atoms with van der Waals surface area (Å²) in [6.07, 6.45) is 0.910. The summed E-state index contributed by atoms with van der Waals surface area (Å²) < 4.78 is 0. The average Bonchev–Trinajstić information content (AvgIpc) is 2.17. The summed E-state index contributed by atoms with van der Waals surface area (Å²) in [7, 11) is 0. The van der Waals surface area contributed by atoms with Crippen LogP contribution in [0.2, 0.25) is 0 Å². The van der Waals surface area contributed by atoms with Crippen molar-refractivity contribution in [3.8, 4) is 6.07 Å². The van der Waals surface area contributed by atoms with Crippen LogP contribution in [-0.2, 0) is 0 Å². The molecule has 0 aliphatic carbocycles. The van der Waals surface area contributed by atoms with Gasteiger partial charge in [-0.25, -0.2) is 0 Å². The van der Waals surface area contributed by atoms with Gasteiger partial charge in [0.05, 0.1) is 11.6 Å². The maximum Gasteiger partial charge on any atom is 0.0991 e. The number of nitrogens with one attached hydrogen (secondary N) is 1. The highest BCUT2D eigenvalue weighted by atomic mass is 14.9. The number of nitrogens with zero attached hydrogens (tertiary/aromatic N) is 1. The van der Waals surface area contributed by atoms with Crippen LogP contribution in [0.1, 0.15) is 25.8 Å². The first-order chi connectivity index (χ1) is 7.01. The van der Waals surface area contributed by atoms with Gasteiger partial charge < -0.3 is 11.1 Å². The van der Waals surface area contributed by atoms with Gasteiger partial charge in [-0.3, -0.25) is 0 Å². The highest BCUT2D eigenvalue weighted by molar-refractivity contribution is 5.47. The molecule has 0 fully saturated rings. The van der Waals surface area contributed by atoms with E-state index >= 15 is 0 Å². The van der Waals surface area contributed by atoms with E-state index in [0.717, 1.165) is 18.7 Å². The van der Waals surface area contributed by atoms with Crippen LogP contribution < -0.4 is 11.1 Å². The molecular formula is C12H17N3. The van der Waals surface area contributed by atoms with E-state index in [2.05, 4.69) is 11.4 Å². The van der Waals surface area contributed by atoms with Crippen molar-refractivity contribution < 1.29 is 0 Å². The molecule has 0 atom stereocenters. The molecule has 1 aromatic rings. The molecule has 0 saturated heterocycles. The Balaban J connectivity index is 2.42. The number of benzene rings is 1. The quantitative estimate of drug-likeness (QED) is 0.787. The first kappa shape index (κ1) is 11.5. The maximum absolute atomic E-state index is 8.62. The van der Waals surface area contributed by atoms with Crippen LogP contribution in [0.5, 0.6) is 0 Å². The molecule has 0 spiro atoms. The van der Waals surface area contributed by atoms with Gasteiger partial charge in [-0.1, -0.05) is 0 Å². The van der Waals surface area contributed by atoms with E-state index in [1.54, 1.807) is 12.1 Å². The van der Waals surface area contributed by atoms with E-state index in [1.165, 1.54) is 0 Å². The lowest BCUT2D eigenvalue weighted by Crippen LogP contribution is -2.34. The van der Waals surface area contributed by atoms with Gasteiger partial charge in [0.2, 0.25) is 0 Å². The van der Waals surface area contributed by atoms with Crippen LogP contribution in [-0.4, -0.2) is 12.1 Å². The van der Waals surface area contributed by atoms with Crippen molar-refractivity contribution in [2.45, 2.75) is 25.8 Å². The Labute approximate surface area is 90.9 Å². The van der Waals surface area contributed by atoms with E-state index in [4.69, 9.17) is 11.0 Å². The van der Waals surface area contributed by atoms with Gasteiger partial charge in [0, 0.05) is 17.8 Å². The Bertz CT molecular complexity index is 341. The summed E-state index contributed by atoms with van der Waals surface area (Å²) in [6.45, 7) is 4.86. The SMILES string of the molecule is CC(C)(N)CCNc1ccc(C#N)cc1. The van der Waals surface area contributed by atoms with Crippen molar-refractivity contribution in [1.82, 2.24) is 0 Å². The normalized spacial score (nSPS) is 10.8. The Kier molecular flexibility index (Phi) is 3.70. The van der Waals surface area contributed by atoms with Gasteiger partial charge in [-0.05, 0) is 44.5 Å². The van der Waals surface area contributed by atoms with Crippen LogP contribution >= 0.6 is 0 Å². The highest BCUT2D eigenvalue weighted by Crippen LogP contribution is 2.10. The van der Waals surface area contributed by atoms with Crippen molar-refractivity contribution in [1.29, 1.82) is 5.26 Å². The number of rotatable bonds is 4. The van der Waals surface area contributed by atoms with E-state index in [-0.39, 0.29) is 5.54 Å². The molecule has 3 heteroatoms. The molecule has 0 aromatic heterocycles. The highest BCUT2D eigenvalue weighted by Gasteiger charge is 2.08. The summed E-state index contributed by atoms with van der Waals surface area (Å²) in [5.41, 5.74) is 7.43. The molecular weight excluding hydrogens is 186 g/mol. The second-order valence-corrected chi connectivity index (χ2v) is 4.35. The fourth-order valence-electron chi connectivity index (χ4n) is 1.19. The van der Waals surface area contributed by atoms with Crippen LogP contribution in [0.15, 0.2) is 24.3 Å². The first-order valence-corrected chi connectivity index (χ1v) is 5.04. The summed E-state index contributed by atoms with van der Waals surface area (Å²) in [6, 6.07) is 9.50. The fraction of sp³-hybridized carbons (Fsp3) is 0.417. The molecule has 1 rings (SSSR count). The third-order valence-corrected chi connectivity index (χ3v) is 2.11. The molecule has 0 amide bonds. The third kappa shape index (κ3) is 4.48. The molecule has 0 unspecified atom stereocenters. The summed E-state index contributed by atoms with van der Waals surface area (Å²) >= 11 is 0. The Hall–Kier alpha value is -1.53. The van der Waals surface area contributed by atoms with Gasteiger partial charge in [-0.2, -0.15) is 5.26 Å². The lowest BCUT2D eigenvalue weighted by molar-refractivity contribution is 0.491. The molecule has 80 valence electrons. The first-order valence-electron chi connectivity index (χ1n) is 5.04. The molecule has 0 heterocycles. The third-order valence-electron chi connectivity index (χ3n) is 2.11. The molecule has 0 aliphatic rings. The second-order valence-electron chi connectivity index (χ2n) is 4.35. The van der Waals surface area contributed by atoms with Crippen molar-refractivity contribution in [3.63, 3.8) is 0 Å². The monoisotopic (exact) mass is 203 g/mol. The van der Waals surface area contributed by atoms with E-state index in [9.17, 15) is 0 Å². The van der Waals surface area contributed by atoms with Gasteiger partial charge >= 0.3 is 0 Å². The zero-order chi connectivity index (χ0) is 11.3.